The molecule has 154 valence electrons. The topological polar surface area (TPSA) is 99.1 Å². The maximum atomic E-state index is 12.9. The Hall–Kier alpha value is -2.67. The average molecular weight is 400 g/mol. The monoisotopic (exact) mass is 400 g/mol. The van der Waals surface area contributed by atoms with Gasteiger partial charge in [0.05, 0.1) is 17.4 Å². The highest BCUT2D eigenvalue weighted by Gasteiger charge is 2.70. The average Bonchev–Trinajstić information content (AvgIpc) is 3.24. The van der Waals surface area contributed by atoms with Crippen molar-refractivity contribution in [1.82, 2.24) is 0 Å². The summed E-state index contributed by atoms with van der Waals surface area (Å²) in [4.78, 5) is 37.3. The molecule has 1 aliphatic heterocycles. The fourth-order valence-electron chi connectivity index (χ4n) is 4.81. The molecule has 6 unspecified atom stereocenters. The van der Waals surface area contributed by atoms with Gasteiger partial charge in [0.1, 0.15) is 18.0 Å². The van der Waals surface area contributed by atoms with Crippen LogP contribution in [-0.2, 0) is 29.5 Å². The minimum atomic E-state index is -1.00. The molecule has 7 heteroatoms. The van der Waals surface area contributed by atoms with Crippen molar-refractivity contribution in [2.75, 3.05) is 0 Å². The Morgan fingerprint density at radius 3 is 2.45 bits per heavy atom. The molecule has 3 aliphatic rings. The van der Waals surface area contributed by atoms with Gasteiger partial charge in [-0.25, -0.2) is 4.79 Å². The zero-order valence-electron chi connectivity index (χ0n) is 16.6. The Balaban J connectivity index is 1.53. The molecule has 0 amide bonds. The molecule has 1 aromatic rings. The van der Waals surface area contributed by atoms with Crippen molar-refractivity contribution < 1.29 is 33.7 Å². The van der Waals surface area contributed by atoms with Crippen LogP contribution in [0.1, 0.15) is 32.8 Å². The van der Waals surface area contributed by atoms with Crippen molar-refractivity contribution in [2.24, 2.45) is 23.7 Å². The number of esters is 3. The van der Waals surface area contributed by atoms with E-state index in [0.29, 0.717) is 17.7 Å². The number of hydrogen-bond acceptors (Lipinski definition) is 7. The molecule has 1 saturated heterocycles. The third kappa shape index (κ3) is 3.23. The molecule has 1 aromatic carbocycles. The lowest BCUT2D eigenvalue weighted by atomic mass is 9.78. The van der Waals surface area contributed by atoms with Crippen LogP contribution in [0.25, 0.3) is 0 Å². The smallest absolute Gasteiger partial charge is 0.333 e. The van der Waals surface area contributed by atoms with E-state index in [1.54, 1.807) is 45.0 Å². The van der Waals surface area contributed by atoms with Gasteiger partial charge < -0.3 is 19.3 Å². The van der Waals surface area contributed by atoms with Crippen LogP contribution >= 0.6 is 0 Å². The van der Waals surface area contributed by atoms with E-state index in [1.165, 1.54) is 0 Å². The maximum Gasteiger partial charge on any atom is 0.333 e. The third-order valence-corrected chi connectivity index (χ3v) is 6.19. The first kappa shape index (κ1) is 19.6. The SMILES string of the molecule is C=C(C)C(=O)OC1C2CC3C1OC(=O)C3C2C(=O)Oc1ccc(C(C)(C)O)cc1. The quantitative estimate of drug-likeness (QED) is 0.459. The van der Waals surface area contributed by atoms with E-state index in [4.69, 9.17) is 14.2 Å². The van der Waals surface area contributed by atoms with Crippen molar-refractivity contribution in [3.8, 4) is 5.75 Å². The molecule has 4 rings (SSSR count). The first-order chi connectivity index (χ1) is 13.6. The van der Waals surface area contributed by atoms with Gasteiger partial charge in [-0.2, -0.15) is 0 Å². The van der Waals surface area contributed by atoms with Crippen LogP contribution in [0.5, 0.6) is 5.75 Å². The van der Waals surface area contributed by atoms with Crippen LogP contribution in [0.15, 0.2) is 36.4 Å². The van der Waals surface area contributed by atoms with Gasteiger partial charge in [0.2, 0.25) is 0 Å². The van der Waals surface area contributed by atoms with Crippen LogP contribution < -0.4 is 4.74 Å². The number of rotatable bonds is 5. The second-order valence-electron chi connectivity index (χ2n) is 8.67. The third-order valence-electron chi connectivity index (χ3n) is 6.19. The molecule has 2 bridgehead atoms. The van der Waals surface area contributed by atoms with Gasteiger partial charge in [-0.15, -0.1) is 0 Å². The van der Waals surface area contributed by atoms with E-state index in [0.717, 1.165) is 0 Å². The summed E-state index contributed by atoms with van der Waals surface area (Å²) in [6.07, 6.45) is -0.593. The molecule has 2 saturated carbocycles. The summed E-state index contributed by atoms with van der Waals surface area (Å²) < 4.78 is 16.5. The van der Waals surface area contributed by atoms with Gasteiger partial charge in [-0.1, -0.05) is 18.7 Å². The van der Waals surface area contributed by atoms with Crippen LogP contribution in [0.2, 0.25) is 0 Å². The lowest BCUT2D eigenvalue weighted by molar-refractivity contribution is -0.160. The molecule has 0 radical (unpaired) electrons. The normalized spacial score (nSPS) is 32.1. The molecule has 1 heterocycles. The fraction of sp³-hybridized carbons (Fsp3) is 0.500. The van der Waals surface area contributed by atoms with E-state index in [2.05, 4.69) is 6.58 Å². The number of fused-ring (bicyclic) bond motifs is 1. The van der Waals surface area contributed by atoms with Crippen LogP contribution in [-0.4, -0.2) is 35.2 Å². The maximum absolute atomic E-state index is 12.9. The molecule has 1 N–H and O–H groups in total. The van der Waals surface area contributed by atoms with Crippen molar-refractivity contribution in [3.05, 3.63) is 42.0 Å². The van der Waals surface area contributed by atoms with Gasteiger partial charge >= 0.3 is 17.9 Å². The Bertz CT molecular complexity index is 879. The molecule has 29 heavy (non-hydrogen) atoms. The second kappa shape index (κ2) is 6.69. The summed E-state index contributed by atoms with van der Waals surface area (Å²) in [5.74, 6) is -2.96. The second-order valence-corrected chi connectivity index (χ2v) is 8.67. The van der Waals surface area contributed by atoms with Crippen molar-refractivity contribution in [2.45, 2.75) is 45.0 Å². The van der Waals surface area contributed by atoms with Gasteiger partial charge in [-0.05, 0) is 44.9 Å². The summed E-state index contributed by atoms with van der Waals surface area (Å²) >= 11 is 0. The summed E-state index contributed by atoms with van der Waals surface area (Å²) in [5, 5.41) is 10.0. The molecule has 0 spiro atoms. The van der Waals surface area contributed by atoms with Crippen LogP contribution in [0, 0.1) is 23.7 Å². The molecule has 6 atom stereocenters. The fourth-order valence-corrected chi connectivity index (χ4v) is 4.81. The number of benzene rings is 1. The standard InChI is InChI=1S/C22H24O7/c1-10(2)19(23)28-17-13-9-14-16(21(25)29-18(14)17)15(13)20(24)27-12-7-5-11(6-8-12)22(3,4)26/h5-8,13-18,26H,1,9H2,2-4H3. The lowest BCUT2D eigenvalue weighted by Crippen LogP contribution is -2.44. The number of carbonyl (C=O) groups is 3. The molecule has 7 nitrogen and oxygen atoms in total. The first-order valence-electron chi connectivity index (χ1n) is 9.69. The highest BCUT2D eigenvalue weighted by atomic mass is 16.6. The Morgan fingerprint density at radius 1 is 1.21 bits per heavy atom. The number of ether oxygens (including phenoxy) is 3. The summed E-state index contributed by atoms with van der Waals surface area (Å²) in [5.41, 5.74) is -0.0678. The van der Waals surface area contributed by atoms with Gasteiger partial charge in [0, 0.05) is 17.4 Å². The predicted molar refractivity (Wildman–Crippen MR) is 100 cm³/mol. The number of hydrogen-bond donors (Lipinski definition) is 1. The summed E-state index contributed by atoms with van der Waals surface area (Å²) in [6.45, 7) is 8.45. The molecule has 2 aliphatic carbocycles. The molecule has 3 fully saturated rings. The van der Waals surface area contributed by atoms with Crippen LogP contribution in [0.4, 0.5) is 0 Å². The summed E-state index contributed by atoms with van der Waals surface area (Å²) in [6, 6.07) is 6.57. The van der Waals surface area contributed by atoms with Gasteiger partial charge in [0.15, 0.2) is 0 Å². The predicted octanol–water partition coefficient (Wildman–Crippen LogP) is 2.11. The van der Waals surface area contributed by atoms with E-state index in [1.807, 2.05) is 0 Å². The Kier molecular flexibility index (Phi) is 4.53. The van der Waals surface area contributed by atoms with Crippen LogP contribution in [0.3, 0.4) is 0 Å². The van der Waals surface area contributed by atoms with E-state index in [9.17, 15) is 19.5 Å². The zero-order valence-corrected chi connectivity index (χ0v) is 16.6. The minimum Gasteiger partial charge on any atom is -0.458 e. The van der Waals surface area contributed by atoms with E-state index in [-0.39, 0.29) is 17.4 Å². The zero-order chi connectivity index (χ0) is 21.1. The minimum absolute atomic E-state index is 0.148. The Morgan fingerprint density at radius 2 is 1.86 bits per heavy atom. The lowest BCUT2D eigenvalue weighted by Gasteiger charge is -2.30. The molecular weight excluding hydrogens is 376 g/mol. The first-order valence-corrected chi connectivity index (χ1v) is 9.69. The van der Waals surface area contributed by atoms with Crippen molar-refractivity contribution in [3.63, 3.8) is 0 Å². The summed E-state index contributed by atoms with van der Waals surface area (Å²) in [7, 11) is 0. The van der Waals surface area contributed by atoms with E-state index < -0.39 is 47.6 Å². The highest BCUT2D eigenvalue weighted by Crippen LogP contribution is 2.59. The van der Waals surface area contributed by atoms with Crippen molar-refractivity contribution >= 4 is 17.9 Å². The molecular formula is C22H24O7. The number of aliphatic hydroxyl groups is 1. The Labute approximate surface area is 168 Å². The number of carbonyl (C=O) groups excluding carboxylic acids is 3. The van der Waals surface area contributed by atoms with Gasteiger partial charge in [0.25, 0.3) is 0 Å². The largest absolute Gasteiger partial charge is 0.458 e. The van der Waals surface area contributed by atoms with Crippen molar-refractivity contribution in [1.29, 1.82) is 0 Å². The molecule has 0 aromatic heterocycles. The van der Waals surface area contributed by atoms with E-state index >= 15 is 0 Å². The highest BCUT2D eigenvalue weighted by molar-refractivity contribution is 5.89. The van der Waals surface area contributed by atoms with Gasteiger partial charge in [-0.3, -0.25) is 9.59 Å².